The number of nitro groups is 1. The molecule has 134 valence electrons. The predicted molar refractivity (Wildman–Crippen MR) is 85.4 cm³/mol. The van der Waals surface area contributed by atoms with E-state index < -0.39 is 28.0 Å². The molecule has 0 spiro atoms. The number of aryl methyl sites for hydroxylation is 1. The van der Waals surface area contributed by atoms with Gasteiger partial charge in [0.1, 0.15) is 11.3 Å². The first-order chi connectivity index (χ1) is 12.1. The maximum Gasteiger partial charge on any atom is 0.416 e. The summed E-state index contributed by atoms with van der Waals surface area (Å²) >= 11 is 0. The van der Waals surface area contributed by atoms with E-state index in [4.69, 9.17) is 9.15 Å². The molecule has 0 aliphatic carbocycles. The zero-order valence-electron chi connectivity index (χ0n) is 13.2. The van der Waals surface area contributed by atoms with Gasteiger partial charge in [-0.2, -0.15) is 13.2 Å². The number of hydrogen-bond acceptors (Lipinski definition) is 5. The molecule has 0 saturated carbocycles. The molecule has 0 radical (unpaired) electrons. The Hall–Kier alpha value is -3.36. The van der Waals surface area contributed by atoms with Crippen LogP contribution >= 0.6 is 0 Å². The van der Waals surface area contributed by atoms with Crippen LogP contribution in [0.3, 0.4) is 0 Å². The fourth-order valence-electron chi connectivity index (χ4n) is 2.42. The molecule has 0 atom stereocenters. The quantitative estimate of drug-likeness (QED) is 0.377. The largest absolute Gasteiger partial charge is 0.450 e. The van der Waals surface area contributed by atoms with E-state index in [1.807, 2.05) is 0 Å². The lowest BCUT2D eigenvalue weighted by molar-refractivity contribution is -0.385. The summed E-state index contributed by atoms with van der Waals surface area (Å²) < 4.78 is 48.6. The van der Waals surface area contributed by atoms with Crippen LogP contribution in [0.4, 0.5) is 18.9 Å². The molecule has 0 aliphatic heterocycles. The zero-order valence-corrected chi connectivity index (χ0v) is 13.2. The number of ether oxygens (including phenoxy) is 1. The van der Waals surface area contributed by atoms with Crippen LogP contribution in [-0.2, 0) is 6.18 Å². The Morgan fingerprint density at radius 3 is 2.50 bits per heavy atom. The van der Waals surface area contributed by atoms with Gasteiger partial charge in [-0.05, 0) is 36.8 Å². The first kappa shape index (κ1) is 17.5. The standard InChI is InChI=1S/C17H10F3NO5/c1-9-6-16(22)26-15-8-11(3-4-12(9)15)25-14-5-2-10(17(18,19)20)7-13(14)21(23)24/h2-8H,1H3. The third kappa shape index (κ3) is 3.37. The van der Waals surface area contributed by atoms with Crippen molar-refractivity contribution in [3.8, 4) is 11.5 Å². The molecule has 6 nitrogen and oxygen atoms in total. The van der Waals surface area contributed by atoms with E-state index in [1.165, 1.54) is 18.2 Å². The molecule has 0 N–H and O–H groups in total. The molecule has 1 heterocycles. The summed E-state index contributed by atoms with van der Waals surface area (Å²) in [7, 11) is 0. The lowest BCUT2D eigenvalue weighted by atomic mass is 10.1. The first-order valence-electron chi connectivity index (χ1n) is 7.23. The van der Waals surface area contributed by atoms with Crippen molar-refractivity contribution in [2.24, 2.45) is 0 Å². The number of rotatable bonds is 3. The maximum absolute atomic E-state index is 12.7. The minimum absolute atomic E-state index is 0.0779. The minimum atomic E-state index is -4.72. The monoisotopic (exact) mass is 365 g/mol. The highest BCUT2D eigenvalue weighted by Crippen LogP contribution is 2.38. The van der Waals surface area contributed by atoms with E-state index in [2.05, 4.69) is 0 Å². The van der Waals surface area contributed by atoms with Crippen LogP contribution in [0.25, 0.3) is 11.0 Å². The van der Waals surface area contributed by atoms with E-state index in [9.17, 15) is 28.1 Å². The Labute approximate surface area is 143 Å². The van der Waals surface area contributed by atoms with Crippen LogP contribution in [0.15, 0.2) is 51.7 Å². The van der Waals surface area contributed by atoms with Crippen LogP contribution in [0.1, 0.15) is 11.1 Å². The summed E-state index contributed by atoms with van der Waals surface area (Å²) in [6, 6.07) is 7.66. The second-order valence-corrected chi connectivity index (χ2v) is 5.45. The van der Waals surface area contributed by atoms with Gasteiger partial charge in [-0.25, -0.2) is 4.79 Å². The number of alkyl halides is 3. The van der Waals surface area contributed by atoms with Crippen LogP contribution in [-0.4, -0.2) is 4.92 Å². The molecular formula is C17H10F3NO5. The number of nitrogens with zero attached hydrogens (tertiary/aromatic N) is 1. The third-order valence-electron chi connectivity index (χ3n) is 3.63. The first-order valence-corrected chi connectivity index (χ1v) is 7.23. The summed E-state index contributed by atoms with van der Waals surface area (Å²) in [4.78, 5) is 21.6. The SMILES string of the molecule is Cc1cc(=O)oc2cc(Oc3ccc(C(F)(F)F)cc3[N+](=O)[O-])ccc12. The van der Waals surface area contributed by atoms with Crippen LogP contribution < -0.4 is 10.4 Å². The average molecular weight is 365 g/mol. The van der Waals surface area contributed by atoms with Crippen LogP contribution in [0.5, 0.6) is 11.5 Å². The summed E-state index contributed by atoms with van der Waals surface area (Å²) in [5.41, 5.74) is -1.69. The predicted octanol–water partition coefficient (Wildman–Crippen LogP) is 4.82. The van der Waals surface area contributed by atoms with Gasteiger partial charge in [0.05, 0.1) is 10.5 Å². The van der Waals surface area contributed by atoms with Gasteiger partial charge in [-0.3, -0.25) is 10.1 Å². The summed E-state index contributed by atoms with van der Waals surface area (Å²) in [5.74, 6) is -0.286. The van der Waals surface area contributed by atoms with E-state index in [0.717, 1.165) is 6.07 Å². The average Bonchev–Trinajstić information content (AvgIpc) is 2.53. The molecule has 0 fully saturated rings. The highest BCUT2D eigenvalue weighted by Gasteiger charge is 2.33. The van der Waals surface area contributed by atoms with Gasteiger partial charge < -0.3 is 9.15 Å². The molecule has 3 aromatic rings. The Balaban J connectivity index is 2.04. The van der Waals surface area contributed by atoms with Crippen molar-refractivity contribution in [2.45, 2.75) is 13.1 Å². The van der Waals surface area contributed by atoms with E-state index >= 15 is 0 Å². The molecule has 0 aliphatic rings. The molecule has 0 bridgehead atoms. The van der Waals surface area contributed by atoms with E-state index in [1.54, 1.807) is 13.0 Å². The number of fused-ring (bicyclic) bond motifs is 1. The minimum Gasteiger partial charge on any atom is -0.450 e. The van der Waals surface area contributed by atoms with Crippen molar-refractivity contribution < 1.29 is 27.2 Å². The van der Waals surface area contributed by atoms with Gasteiger partial charge >= 0.3 is 17.5 Å². The smallest absolute Gasteiger partial charge is 0.416 e. The second-order valence-electron chi connectivity index (χ2n) is 5.45. The fourth-order valence-corrected chi connectivity index (χ4v) is 2.42. The Morgan fingerprint density at radius 2 is 1.85 bits per heavy atom. The molecule has 3 rings (SSSR count). The highest BCUT2D eigenvalue weighted by atomic mass is 19.4. The van der Waals surface area contributed by atoms with Crippen molar-refractivity contribution in [3.05, 3.63) is 74.1 Å². The van der Waals surface area contributed by atoms with E-state index in [-0.39, 0.29) is 17.1 Å². The molecule has 0 unspecified atom stereocenters. The van der Waals surface area contributed by atoms with Crippen molar-refractivity contribution in [3.63, 3.8) is 0 Å². The Kier molecular flexibility index (Phi) is 4.15. The highest BCUT2D eigenvalue weighted by molar-refractivity contribution is 5.81. The second kappa shape index (κ2) is 6.17. The zero-order chi connectivity index (χ0) is 19.1. The van der Waals surface area contributed by atoms with Gasteiger partial charge in [0, 0.05) is 23.6 Å². The van der Waals surface area contributed by atoms with Crippen molar-refractivity contribution in [1.82, 2.24) is 0 Å². The van der Waals surface area contributed by atoms with E-state index in [0.29, 0.717) is 23.1 Å². The normalized spacial score (nSPS) is 11.5. The van der Waals surface area contributed by atoms with Crippen LogP contribution in [0.2, 0.25) is 0 Å². The lowest BCUT2D eigenvalue weighted by Gasteiger charge is -2.10. The van der Waals surface area contributed by atoms with Crippen molar-refractivity contribution >= 4 is 16.7 Å². The number of benzene rings is 2. The van der Waals surface area contributed by atoms with Gasteiger partial charge in [-0.15, -0.1) is 0 Å². The van der Waals surface area contributed by atoms with Gasteiger partial charge in [-0.1, -0.05) is 0 Å². The molecule has 9 heteroatoms. The lowest BCUT2D eigenvalue weighted by Crippen LogP contribution is -2.06. The molecular weight excluding hydrogens is 355 g/mol. The summed E-state index contributed by atoms with van der Waals surface area (Å²) in [6.07, 6.45) is -4.72. The Bertz CT molecular complexity index is 1070. The van der Waals surface area contributed by atoms with Gasteiger partial charge in [0.15, 0.2) is 0 Å². The fraction of sp³-hybridized carbons (Fsp3) is 0.118. The van der Waals surface area contributed by atoms with Gasteiger partial charge in [0.2, 0.25) is 5.75 Å². The number of nitro benzene ring substituents is 1. The van der Waals surface area contributed by atoms with Gasteiger partial charge in [0.25, 0.3) is 0 Å². The topological polar surface area (TPSA) is 82.6 Å². The summed E-state index contributed by atoms with van der Waals surface area (Å²) in [5, 5.41) is 11.7. The maximum atomic E-state index is 12.7. The molecule has 0 amide bonds. The third-order valence-corrected chi connectivity index (χ3v) is 3.63. The summed E-state index contributed by atoms with van der Waals surface area (Å²) in [6.45, 7) is 1.71. The molecule has 2 aromatic carbocycles. The Morgan fingerprint density at radius 1 is 1.12 bits per heavy atom. The molecule has 0 saturated heterocycles. The molecule has 1 aromatic heterocycles. The van der Waals surface area contributed by atoms with Crippen molar-refractivity contribution in [2.75, 3.05) is 0 Å². The molecule has 26 heavy (non-hydrogen) atoms. The number of hydrogen-bond donors (Lipinski definition) is 0. The van der Waals surface area contributed by atoms with Crippen molar-refractivity contribution in [1.29, 1.82) is 0 Å². The van der Waals surface area contributed by atoms with Crippen LogP contribution in [0, 0.1) is 17.0 Å². The number of halogens is 3.